The third kappa shape index (κ3) is 7.02. The number of esters is 1. The largest absolute Gasteiger partial charge is 0.497 e. The van der Waals surface area contributed by atoms with Gasteiger partial charge in [-0.25, -0.2) is 4.39 Å². The molecule has 198 valence electrons. The van der Waals surface area contributed by atoms with Crippen molar-refractivity contribution in [3.05, 3.63) is 83.2 Å². The van der Waals surface area contributed by atoms with E-state index in [1.807, 2.05) is 32.9 Å². The molecule has 3 aromatic carbocycles. The third-order valence-corrected chi connectivity index (χ3v) is 6.02. The molecule has 0 amide bonds. The van der Waals surface area contributed by atoms with Crippen molar-refractivity contribution >= 4 is 5.97 Å². The van der Waals surface area contributed by atoms with Gasteiger partial charge in [-0.2, -0.15) is 13.2 Å². The molecule has 0 saturated heterocycles. The quantitative estimate of drug-likeness (QED) is 0.228. The van der Waals surface area contributed by atoms with Crippen LogP contribution in [-0.4, -0.2) is 26.4 Å². The van der Waals surface area contributed by atoms with Gasteiger partial charge in [-0.15, -0.1) is 0 Å². The molecule has 0 aliphatic rings. The first-order valence-corrected chi connectivity index (χ1v) is 11.7. The molecule has 0 spiro atoms. The van der Waals surface area contributed by atoms with E-state index in [1.165, 1.54) is 31.4 Å². The second kappa shape index (κ2) is 11.2. The van der Waals surface area contributed by atoms with Gasteiger partial charge in [0.2, 0.25) is 0 Å². The molecule has 3 aromatic rings. The van der Waals surface area contributed by atoms with Crippen molar-refractivity contribution in [3.63, 3.8) is 0 Å². The van der Waals surface area contributed by atoms with Crippen LogP contribution < -0.4 is 9.47 Å². The summed E-state index contributed by atoms with van der Waals surface area (Å²) in [5.74, 6) is -2.56. The van der Waals surface area contributed by atoms with E-state index in [-0.39, 0.29) is 29.2 Å². The summed E-state index contributed by atoms with van der Waals surface area (Å²) in [5, 5.41) is 0. The molecule has 37 heavy (non-hydrogen) atoms. The van der Waals surface area contributed by atoms with Gasteiger partial charge in [0, 0.05) is 5.56 Å². The summed E-state index contributed by atoms with van der Waals surface area (Å²) >= 11 is 0. The van der Waals surface area contributed by atoms with Gasteiger partial charge in [0.05, 0.1) is 26.6 Å². The smallest absolute Gasteiger partial charge is 0.396 e. The SMILES string of the molecule is COC(=O)C[C@@H](c1cccc(OCc2ccc(-c3cc(OC)ccc3F)c(C(C)(C)C)c2)c1)C(F)(F)F. The number of hydrogen-bond acceptors (Lipinski definition) is 4. The van der Waals surface area contributed by atoms with Crippen LogP contribution in [0.2, 0.25) is 0 Å². The van der Waals surface area contributed by atoms with Crippen LogP contribution in [0.1, 0.15) is 49.8 Å². The molecule has 0 aromatic heterocycles. The molecule has 0 saturated carbocycles. The van der Waals surface area contributed by atoms with Crippen molar-refractivity contribution in [2.24, 2.45) is 0 Å². The van der Waals surface area contributed by atoms with Crippen LogP contribution in [0.25, 0.3) is 11.1 Å². The van der Waals surface area contributed by atoms with E-state index in [2.05, 4.69) is 4.74 Å². The molecule has 0 unspecified atom stereocenters. The van der Waals surface area contributed by atoms with Crippen molar-refractivity contribution in [3.8, 4) is 22.6 Å². The lowest BCUT2D eigenvalue weighted by Gasteiger charge is -2.25. The molecule has 0 radical (unpaired) electrons. The van der Waals surface area contributed by atoms with Crippen molar-refractivity contribution in [1.29, 1.82) is 0 Å². The number of halogens is 4. The Morgan fingerprint density at radius 2 is 1.62 bits per heavy atom. The van der Waals surface area contributed by atoms with Gasteiger partial charge in [0.15, 0.2) is 0 Å². The average molecular weight is 519 g/mol. The number of carbonyl (C=O) groups is 1. The Morgan fingerprint density at radius 3 is 2.24 bits per heavy atom. The summed E-state index contributed by atoms with van der Waals surface area (Å²) < 4.78 is 71.1. The fourth-order valence-corrected chi connectivity index (χ4v) is 4.03. The van der Waals surface area contributed by atoms with E-state index in [9.17, 15) is 22.4 Å². The monoisotopic (exact) mass is 518 g/mol. The van der Waals surface area contributed by atoms with Gasteiger partial charge in [0.1, 0.15) is 23.9 Å². The van der Waals surface area contributed by atoms with Crippen molar-refractivity contribution in [2.75, 3.05) is 14.2 Å². The highest BCUT2D eigenvalue weighted by Crippen LogP contribution is 2.39. The highest BCUT2D eigenvalue weighted by molar-refractivity contribution is 5.71. The van der Waals surface area contributed by atoms with E-state index in [0.717, 1.165) is 18.2 Å². The Bertz CT molecular complexity index is 1250. The highest BCUT2D eigenvalue weighted by atomic mass is 19.4. The summed E-state index contributed by atoms with van der Waals surface area (Å²) in [4.78, 5) is 11.6. The zero-order valence-electron chi connectivity index (χ0n) is 21.4. The van der Waals surface area contributed by atoms with E-state index in [4.69, 9.17) is 9.47 Å². The van der Waals surface area contributed by atoms with Crippen LogP contribution in [0.15, 0.2) is 60.7 Å². The molecule has 1 atom stereocenters. The lowest BCUT2D eigenvalue weighted by Crippen LogP contribution is -2.24. The summed E-state index contributed by atoms with van der Waals surface area (Å²) in [6.45, 7) is 6.12. The first kappa shape index (κ1) is 28.0. The van der Waals surface area contributed by atoms with Crippen molar-refractivity contribution in [2.45, 2.75) is 51.3 Å². The maximum atomic E-state index is 14.7. The van der Waals surface area contributed by atoms with Gasteiger partial charge in [-0.1, -0.05) is 51.1 Å². The van der Waals surface area contributed by atoms with E-state index >= 15 is 0 Å². The summed E-state index contributed by atoms with van der Waals surface area (Å²) in [7, 11) is 2.57. The van der Waals surface area contributed by atoms with Gasteiger partial charge < -0.3 is 14.2 Å². The lowest BCUT2D eigenvalue weighted by molar-refractivity contribution is -0.164. The molecule has 8 heteroatoms. The van der Waals surface area contributed by atoms with E-state index in [1.54, 1.807) is 24.3 Å². The lowest BCUT2D eigenvalue weighted by atomic mass is 9.81. The third-order valence-electron chi connectivity index (χ3n) is 6.02. The molecule has 0 aliphatic carbocycles. The van der Waals surface area contributed by atoms with Crippen LogP contribution in [0.3, 0.4) is 0 Å². The molecular weight excluding hydrogens is 488 g/mol. The van der Waals surface area contributed by atoms with Crippen LogP contribution in [0, 0.1) is 5.82 Å². The molecule has 0 aliphatic heterocycles. The Morgan fingerprint density at radius 1 is 0.892 bits per heavy atom. The zero-order valence-corrected chi connectivity index (χ0v) is 21.4. The second-order valence-electron chi connectivity index (χ2n) is 9.71. The topological polar surface area (TPSA) is 44.8 Å². The average Bonchev–Trinajstić information content (AvgIpc) is 2.85. The first-order chi connectivity index (χ1) is 17.3. The number of alkyl halides is 3. The van der Waals surface area contributed by atoms with Crippen LogP contribution in [0.4, 0.5) is 17.6 Å². The van der Waals surface area contributed by atoms with Gasteiger partial charge in [-0.05, 0) is 58.0 Å². The predicted molar refractivity (Wildman–Crippen MR) is 133 cm³/mol. The van der Waals surface area contributed by atoms with Crippen molar-refractivity contribution in [1.82, 2.24) is 0 Å². The normalized spacial score (nSPS) is 12.7. The standard InChI is InChI=1S/C29H30F4O4/c1-28(2,3)25-13-18(9-11-22(25)23-15-20(35-4)10-12-26(23)30)17-37-21-8-6-7-19(14-21)24(29(31,32)33)16-27(34)36-5/h6-15,24H,16-17H2,1-5H3/t24-/m0/s1. The van der Waals surface area contributed by atoms with Crippen LogP contribution >= 0.6 is 0 Å². The minimum atomic E-state index is -4.63. The molecular formula is C29H30F4O4. The summed E-state index contributed by atoms with van der Waals surface area (Å²) in [6.07, 6.45) is -5.44. The highest BCUT2D eigenvalue weighted by Gasteiger charge is 2.42. The fourth-order valence-electron chi connectivity index (χ4n) is 4.03. The molecule has 4 nitrogen and oxygen atoms in total. The number of hydrogen-bond donors (Lipinski definition) is 0. The Kier molecular flexibility index (Phi) is 8.51. The molecule has 0 bridgehead atoms. The predicted octanol–water partition coefficient (Wildman–Crippen LogP) is 7.59. The Balaban J connectivity index is 1.89. The minimum Gasteiger partial charge on any atom is -0.497 e. The number of rotatable bonds is 8. The zero-order chi connectivity index (χ0) is 27.4. The van der Waals surface area contributed by atoms with E-state index < -0.39 is 24.5 Å². The van der Waals surface area contributed by atoms with Crippen LogP contribution in [-0.2, 0) is 21.6 Å². The van der Waals surface area contributed by atoms with Crippen molar-refractivity contribution < 1.29 is 36.6 Å². The number of carbonyl (C=O) groups excluding carboxylic acids is 1. The fraction of sp³-hybridized carbons (Fsp3) is 0.345. The Labute approximate surface area is 214 Å². The summed E-state index contributed by atoms with van der Waals surface area (Å²) in [6, 6.07) is 15.7. The van der Waals surface area contributed by atoms with Crippen LogP contribution in [0.5, 0.6) is 11.5 Å². The van der Waals surface area contributed by atoms with Gasteiger partial charge >= 0.3 is 12.1 Å². The molecule has 3 rings (SSSR count). The first-order valence-electron chi connectivity index (χ1n) is 11.7. The molecule has 0 fully saturated rings. The molecule has 0 heterocycles. The van der Waals surface area contributed by atoms with E-state index in [0.29, 0.717) is 16.9 Å². The summed E-state index contributed by atoms with van der Waals surface area (Å²) in [5.41, 5.74) is 2.34. The minimum absolute atomic E-state index is 0.0844. The second-order valence-corrected chi connectivity index (χ2v) is 9.71. The number of benzene rings is 3. The maximum Gasteiger partial charge on any atom is 0.396 e. The number of methoxy groups -OCH3 is 2. The van der Waals surface area contributed by atoms with Gasteiger partial charge in [0.25, 0.3) is 0 Å². The number of ether oxygens (including phenoxy) is 3. The van der Waals surface area contributed by atoms with Gasteiger partial charge in [-0.3, -0.25) is 4.79 Å². The Hall–Kier alpha value is -3.55. The molecule has 0 N–H and O–H groups in total. The maximum absolute atomic E-state index is 14.7.